The van der Waals surface area contributed by atoms with Gasteiger partial charge in [-0.1, -0.05) is 338 Å². The Balaban J connectivity index is 1.92. The van der Waals surface area contributed by atoms with Gasteiger partial charge in [-0.25, -0.2) is 0 Å². The van der Waals surface area contributed by atoms with Gasteiger partial charge in [-0.05, 0) is 89.9 Å². The summed E-state index contributed by atoms with van der Waals surface area (Å²) in [5.74, 6) is -0.178. The van der Waals surface area contributed by atoms with Crippen LogP contribution in [0.15, 0.2) is 60.8 Å². The van der Waals surface area contributed by atoms with Gasteiger partial charge < -0.3 is 45.1 Å². The Labute approximate surface area is 567 Å². The highest BCUT2D eigenvalue weighted by atomic mass is 16.7. The van der Waals surface area contributed by atoms with Crippen molar-refractivity contribution < 1.29 is 49.3 Å². The lowest BCUT2D eigenvalue weighted by Gasteiger charge is -2.40. The number of aliphatic hydroxyl groups is 5. The highest BCUT2D eigenvalue weighted by Crippen LogP contribution is 2.24. The number of carbonyl (C=O) groups is 2. The number of unbranched alkanes of at least 4 members (excludes halogenated alkanes) is 48. The highest BCUT2D eigenvalue weighted by molar-refractivity contribution is 5.76. The van der Waals surface area contributed by atoms with Crippen molar-refractivity contribution in [1.82, 2.24) is 5.32 Å². The van der Waals surface area contributed by atoms with E-state index in [1.165, 1.54) is 283 Å². The van der Waals surface area contributed by atoms with Gasteiger partial charge in [-0.15, -0.1) is 0 Å². The molecule has 1 rings (SSSR count). The lowest BCUT2D eigenvalue weighted by atomic mass is 9.99. The van der Waals surface area contributed by atoms with Crippen LogP contribution < -0.4 is 5.32 Å². The van der Waals surface area contributed by atoms with Gasteiger partial charge in [0.2, 0.25) is 5.91 Å². The van der Waals surface area contributed by atoms with Crippen LogP contribution in [0.25, 0.3) is 0 Å². The monoisotopic (exact) mass is 1300 g/mol. The van der Waals surface area contributed by atoms with Gasteiger partial charge in [0.25, 0.3) is 0 Å². The smallest absolute Gasteiger partial charge is 0.305 e. The fraction of sp³-hybridized carbons (Fsp3) is 0.852. The first-order chi connectivity index (χ1) is 45.2. The largest absolute Gasteiger partial charge is 0.466 e. The maximum absolute atomic E-state index is 13.1. The van der Waals surface area contributed by atoms with Gasteiger partial charge in [0.05, 0.1) is 32.0 Å². The van der Waals surface area contributed by atoms with Crippen LogP contribution in [0.2, 0.25) is 0 Å². The summed E-state index contributed by atoms with van der Waals surface area (Å²) >= 11 is 0. The molecular formula is C81H149NO10. The summed E-state index contributed by atoms with van der Waals surface area (Å²) in [7, 11) is 0. The summed E-state index contributed by atoms with van der Waals surface area (Å²) in [6.07, 6.45) is 84.0. The molecule has 7 unspecified atom stereocenters. The molecule has 0 aromatic carbocycles. The summed E-state index contributed by atoms with van der Waals surface area (Å²) in [6.45, 7) is 4.33. The van der Waals surface area contributed by atoms with Crippen molar-refractivity contribution in [1.29, 1.82) is 0 Å². The van der Waals surface area contributed by atoms with Crippen LogP contribution in [-0.2, 0) is 23.8 Å². The first kappa shape index (κ1) is 87.4. The van der Waals surface area contributed by atoms with Crippen molar-refractivity contribution in [3.8, 4) is 0 Å². The molecule has 0 aliphatic carbocycles. The van der Waals surface area contributed by atoms with Gasteiger partial charge in [0, 0.05) is 12.8 Å². The molecule has 0 saturated carbocycles. The van der Waals surface area contributed by atoms with Crippen molar-refractivity contribution in [2.75, 3.05) is 19.8 Å². The number of hydrogen-bond acceptors (Lipinski definition) is 10. The third-order valence-corrected chi connectivity index (χ3v) is 18.6. The van der Waals surface area contributed by atoms with Gasteiger partial charge in [-0.2, -0.15) is 0 Å². The van der Waals surface area contributed by atoms with E-state index in [9.17, 15) is 35.1 Å². The number of rotatable bonds is 70. The zero-order valence-electron chi connectivity index (χ0n) is 60.0. The minimum absolute atomic E-state index is 0.0152. The van der Waals surface area contributed by atoms with Crippen LogP contribution in [0.3, 0.4) is 0 Å². The van der Waals surface area contributed by atoms with Crippen LogP contribution >= 0.6 is 0 Å². The Morgan fingerprint density at radius 2 is 0.739 bits per heavy atom. The molecule has 1 amide bonds. The Bertz CT molecular complexity index is 1710. The molecule has 1 aliphatic heterocycles. The zero-order chi connectivity index (χ0) is 66.5. The van der Waals surface area contributed by atoms with Crippen molar-refractivity contribution in [2.45, 2.75) is 423 Å². The average Bonchev–Trinajstić information content (AvgIpc) is 0.990. The van der Waals surface area contributed by atoms with Crippen LogP contribution in [0.4, 0.5) is 0 Å². The van der Waals surface area contributed by atoms with E-state index in [2.05, 4.69) is 67.8 Å². The minimum atomic E-state index is -1.58. The first-order valence-corrected chi connectivity index (χ1v) is 39.6. The fourth-order valence-corrected chi connectivity index (χ4v) is 12.4. The topological polar surface area (TPSA) is 175 Å². The molecule has 11 heteroatoms. The lowest BCUT2D eigenvalue weighted by Crippen LogP contribution is -2.60. The molecule has 0 spiro atoms. The lowest BCUT2D eigenvalue weighted by molar-refractivity contribution is -0.302. The van der Waals surface area contributed by atoms with Crippen molar-refractivity contribution in [3.05, 3.63) is 60.8 Å². The molecule has 11 nitrogen and oxygen atoms in total. The molecule has 1 saturated heterocycles. The maximum atomic E-state index is 13.1. The number of carbonyl (C=O) groups excluding carboxylic acids is 2. The second kappa shape index (κ2) is 69.7. The summed E-state index contributed by atoms with van der Waals surface area (Å²) in [4.78, 5) is 25.1. The average molecular weight is 1300 g/mol. The maximum Gasteiger partial charge on any atom is 0.305 e. The zero-order valence-corrected chi connectivity index (χ0v) is 60.0. The van der Waals surface area contributed by atoms with Gasteiger partial charge in [-0.3, -0.25) is 9.59 Å². The minimum Gasteiger partial charge on any atom is -0.466 e. The highest BCUT2D eigenvalue weighted by Gasteiger charge is 2.44. The number of amides is 1. The standard InChI is InChI=1S/C81H149NO10/c1-3-5-7-9-11-13-15-44-47-51-55-59-63-67-74(84)73(72-91-81-80(89)79(88)78(87)75(71-83)92-81)82-76(85)68-64-60-56-52-48-45-42-40-38-36-34-32-30-28-26-24-22-20-18-17-19-21-23-25-27-29-31-33-35-37-39-41-43-46-50-54-58-62-66-70-90-77(86)69-65-61-57-53-49-16-14-12-10-8-6-4-2/h11,13,17-18,21,23,47,51,63,67,73-75,78-81,83-84,87-89H,3-10,12,14-16,19-20,22,24-46,48-50,52-62,64-66,68-72H2,1-2H3,(H,82,85)/b13-11+,18-17-,23-21-,51-47+,67-63+. The van der Waals surface area contributed by atoms with E-state index < -0.39 is 49.5 Å². The van der Waals surface area contributed by atoms with Crippen molar-refractivity contribution in [2.24, 2.45) is 0 Å². The van der Waals surface area contributed by atoms with Gasteiger partial charge in [0.1, 0.15) is 24.4 Å². The van der Waals surface area contributed by atoms with Crippen LogP contribution in [0.1, 0.15) is 380 Å². The van der Waals surface area contributed by atoms with E-state index in [0.29, 0.717) is 19.4 Å². The molecule has 538 valence electrons. The second-order valence-electron chi connectivity index (χ2n) is 27.4. The molecule has 1 fully saturated rings. The number of aliphatic hydroxyl groups excluding tert-OH is 5. The van der Waals surface area contributed by atoms with Crippen LogP contribution in [0.5, 0.6) is 0 Å². The molecule has 0 radical (unpaired) electrons. The van der Waals surface area contributed by atoms with E-state index in [0.717, 1.165) is 70.6 Å². The second-order valence-corrected chi connectivity index (χ2v) is 27.4. The molecule has 6 N–H and O–H groups in total. The van der Waals surface area contributed by atoms with E-state index in [4.69, 9.17) is 14.2 Å². The number of nitrogens with one attached hydrogen (secondary N) is 1. The molecule has 0 bridgehead atoms. The summed E-state index contributed by atoms with van der Waals surface area (Å²) in [6, 6.07) is -0.833. The predicted octanol–water partition coefficient (Wildman–Crippen LogP) is 21.2. The van der Waals surface area contributed by atoms with Gasteiger partial charge in [0.15, 0.2) is 6.29 Å². The molecule has 1 aliphatic rings. The van der Waals surface area contributed by atoms with Crippen LogP contribution in [0, 0.1) is 0 Å². The number of hydrogen-bond donors (Lipinski definition) is 6. The summed E-state index contributed by atoms with van der Waals surface area (Å²) in [5, 5.41) is 54.5. The van der Waals surface area contributed by atoms with Crippen molar-refractivity contribution in [3.63, 3.8) is 0 Å². The quantitative estimate of drug-likeness (QED) is 0.0195. The van der Waals surface area contributed by atoms with Crippen molar-refractivity contribution >= 4 is 11.9 Å². The summed E-state index contributed by atoms with van der Waals surface area (Å²) < 4.78 is 16.7. The van der Waals surface area contributed by atoms with E-state index in [1.807, 2.05) is 6.08 Å². The normalized spacial score (nSPS) is 17.8. The first-order valence-electron chi connectivity index (χ1n) is 39.6. The van der Waals surface area contributed by atoms with E-state index in [-0.39, 0.29) is 18.5 Å². The van der Waals surface area contributed by atoms with E-state index in [1.54, 1.807) is 6.08 Å². The third kappa shape index (κ3) is 57.6. The summed E-state index contributed by atoms with van der Waals surface area (Å²) in [5.41, 5.74) is 0. The molecular weight excluding hydrogens is 1150 g/mol. The Kier molecular flexibility index (Phi) is 66.2. The van der Waals surface area contributed by atoms with Crippen LogP contribution in [-0.4, -0.2) is 100 Å². The molecule has 0 aromatic rings. The Morgan fingerprint density at radius 1 is 0.402 bits per heavy atom. The number of ether oxygens (including phenoxy) is 3. The predicted molar refractivity (Wildman–Crippen MR) is 389 cm³/mol. The molecule has 1 heterocycles. The SMILES string of the molecule is CCCCC/C=C/CC/C=C/CC/C=C/C(O)C(COC1OC(CO)C(O)C(O)C1O)NC(=O)CCCCCCCCCCCCCCCCCCC/C=C\C/C=C\CCCCCCCCCCCCCCCCCOC(=O)CCCCCCCCCCCCCC. The third-order valence-electron chi connectivity index (χ3n) is 18.6. The van der Waals surface area contributed by atoms with E-state index >= 15 is 0 Å². The number of allylic oxidation sites excluding steroid dienone is 9. The Hall–Kier alpha value is -2.64. The molecule has 7 atom stereocenters. The number of esters is 1. The fourth-order valence-electron chi connectivity index (χ4n) is 12.4. The van der Waals surface area contributed by atoms with Gasteiger partial charge >= 0.3 is 5.97 Å². The molecule has 92 heavy (non-hydrogen) atoms. The molecule has 0 aromatic heterocycles. The Morgan fingerprint density at radius 3 is 1.16 bits per heavy atom.